The van der Waals surface area contributed by atoms with Gasteiger partial charge in [0.05, 0.1) is 11.5 Å². The van der Waals surface area contributed by atoms with Crippen molar-refractivity contribution in [2.24, 2.45) is 5.92 Å². The zero-order valence-electron chi connectivity index (χ0n) is 14.6. The first-order chi connectivity index (χ1) is 12.7. The van der Waals surface area contributed by atoms with E-state index in [-0.39, 0.29) is 17.7 Å². The zero-order valence-corrected chi connectivity index (χ0v) is 14.6. The summed E-state index contributed by atoms with van der Waals surface area (Å²) in [6, 6.07) is 9.23. The van der Waals surface area contributed by atoms with E-state index in [1.807, 2.05) is 18.2 Å². The Morgan fingerprint density at radius 3 is 2.77 bits per heavy atom. The molecule has 1 saturated heterocycles. The Bertz CT molecular complexity index is 723. The van der Waals surface area contributed by atoms with Crippen molar-refractivity contribution in [3.8, 4) is 0 Å². The molecule has 2 aromatic rings. The highest BCUT2D eigenvalue weighted by Crippen LogP contribution is 2.21. The molecule has 0 spiro atoms. The molecule has 2 aromatic heterocycles. The zero-order chi connectivity index (χ0) is 18.2. The van der Waals surface area contributed by atoms with E-state index < -0.39 is 0 Å². The molecule has 2 amide bonds. The van der Waals surface area contributed by atoms with Crippen molar-refractivity contribution in [2.75, 3.05) is 31.1 Å². The number of amides is 2. The Morgan fingerprint density at radius 2 is 2.00 bits per heavy atom. The van der Waals surface area contributed by atoms with E-state index in [9.17, 15) is 9.59 Å². The fourth-order valence-electron chi connectivity index (χ4n) is 3.05. The maximum absolute atomic E-state index is 12.4. The number of hydrogen-bond donors (Lipinski definition) is 2. The third kappa shape index (κ3) is 4.78. The van der Waals surface area contributed by atoms with Crippen molar-refractivity contribution >= 4 is 17.6 Å². The van der Waals surface area contributed by atoms with Gasteiger partial charge in [-0.15, -0.1) is 0 Å². The molecule has 1 aliphatic heterocycles. The highest BCUT2D eigenvalue weighted by Gasteiger charge is 2.26. The van der Waals surface area contributed by atoms with Crippen molar-refractivity contribution in [1.29, 1.82) is 0 Å². The second-order valence-corrected chi connectivity index (χ2v) is 6.26. The summed E-state index contributed by atoms with van der Waals surface area (Å²) in [5.74, 6) is 0.695. The maximum Gasteiger partial charge on any atom is 0.252 e. The van der Waals surface area contributed by atoms with Crippen molar-refractivity contribution in [1.82, 2.24) is 20.6 Å². The second-order valence-electron chi connectivity index (χ2n) is 6.26. The Hall–Kier alpha value is -2.96. The van der Waals surface area contributed by atoms with Gasteiger partial charge in [-0.05, 0) is 37.1 Å². The van der Waals surface area contributed by atoms with Crippen LogP contribution >= 0.6 is 0 Å². The summed E-state index contributed by atoms with van der Waals surface area (Å²) in [5, 5.41) is 5.69. The fourth-order valence-corrected chi connectivity index (χ4v) is 3.05. The highest BCUT2D eigenvalue weighted by molar-refractivity contribution is 5.93. The number of nitrogens with zero attached hydrogens (tertiary/aromatic N) is 3. The Balaban J connectivity index is 1.41. The standard InChI is InChI=1S/C19H23N5O2/c25-18(15-5-3-8-20-13-15)22-10-11-23-19(26)16-6-4-12-24(14-16)17-7-1-2-9-21-17/h1-3,5,7-9,13,16H,4,6,10-12,14H2,(H,22,25)(H,23,26). The number of pyridine rings is 2. The van der Waals surface area contributed by atoms with E-state index in [1.54, 1.807) is 24.5 Å². The Morgan fingerprint density at radius 1 is 1.12 bits per heavy atom. The van der Waals surface area contributed by atoms with Gasteiger partial charge in [0, 0.05) is 44.8 Å². The number of carbonyl (C=O) groups excluding carboxylic acids is 2. The quantitative estimate of drug-likeness (QED) is 0.763. The minimum atomic E-state index is -0.189. The van der Waals surface area contributed by atoms with Crippen molar-refractivity contribution in [3.63, 3.8) is 0 Å². The lowest BCUT2D eigenvalue weighted by Crippen LogP contribution is -2.45. The lowest BCUT2D eigenvalue weighted by molar-refractivity contribution is -0.125. The van der Waals surface area contributed by atoms with Crippen molar-refractivity contribution < 1.29 is 9.59 Å². The normalized spacial score (nSPS) is 16.8. The fraction of sp³-hybridized carbons (Fsp3) is 0.368. The molecular formula is C19H23N5O2. The monoisotopic (exact) mass is 353 g/mol. The molecule has 0 aliphatic carbocycles. The summed E-state index contributed by atoms with van der Waals surface area (Å²) in [6.07, 6.45) is 6.74. The molecule has 0 aromatic carbocycles. The lowest BCUT2D eigenvalue weighted by atomic mass is 9.97. The summed E-state index contributed by atoms with van der Waals surface area (Å²) < 4.78 is 0. The van der Waals surface area contributed by atoms with Crippen molar-refractivity contribution in [2.45, 2.75) is 12.8 Å². The number of hydrogen-bond acceptors (Lipinski definition) is 5. The topological polar surface area (TPSA) is 87.2 Å². The van der Waals surface area contributed by atoms with Crippen molar-refractivity contribution in [3.05, 3.63) is 54.5 Å². The minimum Gasteiger partial charge on any atom is -0.356 e. The lowest BCUT2D eigenvalue weighted by Gasteiger charge is -2.32. The highest BCUT2D eigenvalue weighted by atomic mass is 16.2. The van der Waals surface area contributed by atoms with Crippen LogP contribution in [-0.2, 0) is 4.79 Å². The van der Waals surface area contributed by atoms with Crippen LogP contribution in [0.25, 0.3) is 0 Å². The second kappa shape index (κ2) is 8.94. The van der Waals surface area contributed by atoms with Gasteiger partial charge in [-0.1, -0.05) is 6.07 Å². The first-order valence-corrected chi connectivity index (χ1v) is 8.86. The molecule has 0 radical (unpaired) electrons. The first-order valence-electron chi connectivity index (χ1n) is 8.86. The largest absolute Gasteiger partial charge is 0.356 e. The van der Waals surface area contributed by atoms with Gasteiger partial charge in [0.15, 0.2) is 0 Å². The predicted molar refractivity (Wildman–Crippen MR) is 98.8 cm³/mol. The minimum absolute atomic E-state index is 0.0289. The van der Waals surface area contributed by atoms with Gasteiger partial charge >= 0.3 is 0 Å². The van der Waals surface area contributed by atoms with E-state index in [1.165, 1.54) is 6.20 Å². The van der Waals surface area contributed by atoms with Crippen LogP contribution in [0.1, 0.15) is 23.2 Å². The molecule has 26 heavy (non-hydrogen) atoms. The smallest absolute Gasteiger partial charge is 0.252 e. The molecule has 2 N–H and O–H groups in total. The van der Waals surface area contributed by atoms with E-state index in [2.05, 4.69) is 25.5 Å². The summed E-state index contributed by atoms with van der Waals surface area (Å²) in [6.45, 7) is 2.38. The number of nitrogens with one attached hydrogen (secondary N) is 2. The molecule has 0 bridgehead atoms. The van der Waals surface area contributed by atoms with Crippen LogP contribution in [0.2, 0.25) is 0 Å². The van der Waals surface area contributed by atoms with Gasteiger partial charge in [-0.3, -0.25) is 14.6 Å². The molecule has 1 atom stereocenters. The summed E-state index contributed by atoms with van der Waals surface area (Å²) in [5.41, 5.74) is 0.511. The summed E-state index contributed by atoms with van der Waals surface area (Å²) in [7, 11) is 0. The predicted octanol–water partition coefficient (Wildman–Crippen LogP) is 1.24. The van der Waals surface area contributed by atoms with Crippen LogP contribution in [0.3, 0.4) is 0 Å². The Kier molecular flexibility index (Phi) is 6.14. The van der Waals surface area contributed by atoms with Gasteiger partial charge in [0.1, 0.15) is 5.82 Å². The number of aromatic nitrogens is 2. The molecule has 3 rings (SSSR count). The molecule has 1 aliphatic rings. The number of rotatable bonds is 6. The van der Waals surface area contributed by atoms with E-state index in [0.717, 1.165) is 25.2 Å². The van der Waals surface area contributed by atoms with E-state index in [4.69, 9.17) is 0 Å². The van der Waals surface area contributed by atoms with Crippen LogP contribution in [0, 0.1) is 5.92 Å². The van der Waals surface area contributed by atoms with Crippen LogP contribution < -0.4 is 15.5 Å². The van der Waals surface area contributed by atoms with Gasteiger partial charge in [0.2, 0.25) is 5.91 Å². The first kappa shape index (κ1) is 17.8. The molecule has 1 unspecified atom stereocenters. The number of piperidine rings is 1. The van der Waals surface area contributed by atoms with E-state index in [0.29, 0.717) is 25.2 Å². The molecule has 3 heterocycles. The molecular weight excluding hydrogens is 330 g/mol. The molecule has 7 nitrogen and oxygen atoms in total. The van der Waals surface area contributed by atoms with Gasteiger partial charge in [0.25, 0.3) is 5.91 Å². The average Bonchev–Trinajstić information content (AvgIpc) is 2.72. The van der Waals surface area contributed by atoms with Crippen LogP contribution in [-0.4, -0.2) is 48.0 Å². The summed E-state index contributed by atoms with van der Waals surface area (Å²) >= 11 is 0. The SMILES string of the molecule is O=C(NCCNC(=O)C1CCCN(c2ccccn2)C1)c1cccnc1. The third-order valence-electron chi connectivity index (χ3n) is 4.40. The van der Waals surface area contributed by atoms with Gasteiger partial charge < -0.3 is 15.5 Å². The summed E-state index contributed by atoms with van der Waals surface area (Å²) in [4.78, 5) is 34.7. The number of anilines is 1. The van der Waals surface area contributed by atoms with Crippen LogP contribution in [0.5, 0.6) is 0 Å². The maximum atomic E-state index is 12.4. The Labute approximate surface area is 152 Å². The molecule has 136 valence electrons. The molecule has 1 fully saturated rings. The third-order valence-corrected chi connectivity index (χ3v) is 4.40. The molecule has 0 saturated carbocycles. The van der Waals surface area contributed by atoms with Gasteiger partial charge in [-0.25, -0.2) is 4.98 Å². The number of carbonyl (C=O) groups is 2. The van der Waals surface area contributed by atoms with Crippen LogP contribution in [0.15, 0.2) is 48.9 Å². The molecule has 7 heteroatoms. The average molecular weight is 353 g/mol. The van der Waals surface area contributed by atoms with Gasteiger partial charge in [-0.2, -0.15) is 0 Å². The van der Waals surface area contributed by atoms with Crippen LogP contribution in [0.4, 0.5) is 5.82 Å². The van der Waals surface area contributed by atoms with E-state index >= 15 is 0 Å².